The number of aromatic nitrogens is 1. The molecular weight excluding hydrogens is 298 g/mol. The molecule has 22 heavy (non-hydrogen) atoms. The Labute approximate surface area is 133 Å². The average Bonchev–Trinajstić information content (AvgIpc) is 2.95. The highest BCUT2D eigenvalue weighted by Crippen LogP contribution is 2.32. The first kappa shape index (κ1) is 14.0. The van der Waals surface area contributed by atoms with Crippen LogP contribution in [0.25, 0.3) is 10.2 Å². The molecular formula is C16H19N3O2S. The smallest absolute Gasteiger partial charge is 0.225 e. The molecule has 3 heterocycles. The maximum absolute atomic E-state index is 12.3. The number of hydrogen-bond acceptors (Lipinski definition) is 5. The number of piperidine rings is 1. The maximum atomic E-state index is 12.3. The number of rotatable bonds is 2. The van der Waals surface area contributed by atoms with Crippen molar-refractivity contribution in [1.82, 2.24) is 9.88 Å². The van der Waals surface area contributed by atoms with E-state index in [-0.39, 0.29) is 17.9 Å². The number of carbonyl (C=O) groups excluding carboxylic acids is 1. The van der Waals surface area contributed by atoms with Crippen molar-refractivity contribution in [3.63, 3.8) is 0 Å². The van der Waals surface area contributed by atoms with Crippen LogP contribution in [0.15, 0.2) is 24.3 Å². The van der Waals surface area contributed by atoms with E-state index >= 15 is 0 Å². The molecule has 2 aliphatic heterocycles. The van der Waals surface area contributed by atoms with Crippen LogP contribution in [-0.4, -0.2) is 53.2 Å². The van der Waals surface area contributed by atoms with Gasteiger partial charge in [-0.25, -0.2) is 4.98 Å². The summed E-state index contributed by atoms with van der Waals surface area (Å²) in [5, 5.41) is 10.4. The van der Waals surface area contributed by atoms with E-state index in [1.165, 1.54) is 4.70 Å². The molecule has 2 aliphatic rings. The maximum Gasteiger partial charge on any atom is 0.225 e. The lowest BCUT2D eigenvalue weighted by atomic mass is 9.94. The predicted molar refractivity (Wildman–Crippen MR) is 87.1 cm³/mol. The van der Waals surface area contributed by atoms with Crippen molar-refractivity contribution in [1.29, 1.82) is 0 Å². The highest BCUT2D eigenvalue weighted by molar-refractivity contribution is 7.22. The van der Waals surface area contributed by atoms with Crippen LogP contribution in [0.3, 0.4) is 0 Å². The van der Waals surface area contributed by atoms with Crippen molar-refractivity contribution in [2.24, 2.45) is 5.92 Å². The van der Waals surface area contributed by atoms with E-state index in [4.69, 9.17) is 4.98 Å². The fourth-order valence-corrected chi connectivity index (χ4v) is 4.22. The third-order valence-electron chi connectivity index (χ3n) is 4.57. The fraction of sp³-hybridized carbons (Fsp3) is 0.500. The van der Waals surface area contributed by atoms with Crippen molar-refractivity contribution >= 4 is 32.6 Å². The predicted octanol–water partition coefficient (Wildman–Crippen LogP) is 1.72. The molecule has 0 unspecified atom stereocenters. The van der Waals surface area contributed by atoms with E-state index in [9.17, 15) is 9.90 Å². The standard InChI is InChI=1S/C16H19N3O2S/c20-12-9-19(10-12)15(21)11-5-7-18(8-6-11)16-17-13-3-1-2-4-14(13)22-16/h1-4,11-12,20H,5-10H2. The zero-order chi connectivity index (χ0) is 15.1. The first-order valence-electron chi connectivity index (χ1n) is 7.78. The number of amides is 1. The number of aliphatic hydroxyl groups is 1. The lowest BCUT2D eigenvalue weighted by Gasteiger charge is -2.40. The second kappa shape index (κ2) is 5.52. The van der Waals surface area contributed by atoms with Gasteiger partial charge in [-0.1, -0.05) is 23.5 Å². The Morgan fingerprint density at radius 3 is 2.64 bits per heavy atom. The van der Waals surface area contributed by atoms with Crippen LogP contribution < -0.4 is 4.90 Å². The third-order valence-corrected chi connectivity index (χ3v) is 5.67. The highest BCUT2D eigenvalue weighted by atomic mass is 32.1. The van der Waals surface area contributed by atoms with Gasteiger partial charge in [0.25, 0.3) is 0 Å². The molecule has 0 aliphatic carbocycles. The van der Waals surface area contributed by atoms with Gasteiger partial charge in [-0.15, -0.1) is 0 Å². The monoisotopic (exact) mass is 317 g/mol. The number of carbonyl (C=O) groups is 1. The number of fused-ring (bicyclic) bond motifs is 1. The number of thiazole rings is 1. The normalized spacial score (nSPS) is 20.4. The topological polar surface area (TPSA) is 56.7 Å². The lowest BCUT2D eigenvalue weighted by molar-refractivity contribution is -0.146. The van der Waals surface area contributed by atoms with Gasteiger partial charge < -0.3 is 14.9 Å². The molecule has 0 bridgehead atoms. The summed E-state index contributed by atoms with van der Waals surface area (Å²) in [6.45, 7) is 2.78. The van der Waals surface area contributed by atoms with E-state index in [0.717, 1.165) is 36.6 Å². The minimum atomic E-state index is -0.313. The van der Waals surface area contributed by atoms with Crippen LogP contribution >= 0.6 is 11.3 Å². The molecule has 2 fully saturated rings. The number of para-hydroxylation sites is 1. The average molecular weight is 317 g/mol. The van der Waals surface area contributed by atoms with Crippen molar-refractivity contribution in [2.75, 3.05) is 31.1 Å². The van der Waals surface area contributed by atoms with Crippen molar-refractivity contribution in [3.05, 3.63) is 24.3 Å². The van der Waals surface area contributed by atoms with Crippen LogP contribution in [0.4, 0.5) is 5.13 Å². The van der Waals surface area contributed by atoms with Gasteiger partial charge in [-0.3, -0.25) is 4.79 Å². The molecule has 2 saturated heterocycles. The molecule has 1 aromatic heterocycles. The van der Waals surface area contributed by atoms with Crippen LogP contribution in [0.2, 0.25) is 0 Å². The van der Waals surface area contributed by atoms with E-state index in [1.807, 2.05) is 18.2 Å². The Balaban J connectivity index is 1.40. The minimum absolute atomic E-state index is 0.109. The summed E-state index contributed by atoms with van der Waals surface area (Å²) in [5.74, 6) is 0.326. The zero-order valence-electron chi connectivity index (χ0n) is 12.3. The van der Waals surface area contributed by atoms with Crippen LogP contribution in [0.5, 0.6) is 0 Å². The molecule has 0 radical (unpaired) electrons. The highest BCUT2D eigenvalue weighted by Gasteiger charge is 2.35. The first-order chi connectivity index (χ1) is 10.7. The lowest BCUT2D eigenvalue weighted by Crippen LogP contribution is -2.56. The van der Waals surface area contributed by atoms with Crippen LogP contribution in [-0.2, 0) is 4.79 Å². The largest absolute Gasteiger partial charge is 0.389 e. The summed E-state index contributed by atoms with van der Waals surface area (Å²) in [6, 6.07) is 8.19. The molecule has 4 rings (SSSR count). The molecule has 1 N–H and O–H groups in total. The van der Waals surface area contributed by atoms with Crippen molar-refractivity contribution < 1.29 is 9.90 Å². The van der Waals surface area contributed by atoms with Gasteiger partial charge >= 0.3 is 0 Å². The second-order valence-corrected chi connectivity index (χ2v) is 7.13. The fourth-order valence-electron chi connectivity index (χ4n) is 3.21. The van der Waals surface area contributed by atoms with Crippen LogP contribution in [0, 0.1) is 5.92 Å². The summed E-state index contributed by atoms with van der Waals surface area (Å²) in [5.41, 5.74) is 1.05. The Bertz CT molecular complexity index is 655. The van der Waals surface area contributed by atoms with E-state index in [1.54, 1.807) is 16.2 Å². The van der Waals surface area contributed by atoms with Crippen molar-refractivity contribution in [3.8, 4) is 0 Å². The summed E-state index contributed by atoms with van der Waals surface area (Å²) in [6.07, 6.45) is 1.44. The van der Waals surface area contributed by atoms with E-state index < -0.39 is 0 Å². The second-order valence-electron chi connectivity index (χ2n) is 6.12. The Kier molecular flexibility index (Phi) is 3.50. The Morgan fingerprint density at radius 1 is 1.23 bits per heavy atom. The van der Waals surface area contributed by atoms with Gasteiger partial charge in [-0.2, -0.15) is 0 Å². The number of benzene rings is 1. The zero-order valence-corrected chi connectivity index (χ0v) is 13.1. The molecule has 1 amide bonds. The molecule has 5 nitrogen and oxygen atoms in total. The Morgan fingerprint density at radius 2 is 1.95 bits per heavy atom. The van der Waals surface area contributed by atoms with Gasteiger partial charge in [0.2, 0.25) is 5.91 Å². The Hall–Kier alpha value is -1.66. The number of β-amino-alcohol motifs (C(OH)–C–C–N with tert-alkyl or cyclic N) is 1. The van der Waals surface area contributed by atoms with Crippen LogP contribution in [0.1, 0.15) is 12.8 Å². The molecule has 1 aromatic carbocycles. The quantitative estimate of drug-likeness (QED) is 0.916. The summed E-state index contributed by atoms with van der Waals surface area (Å²) >= 11 is 1.72. The number of anilines is 1. The molecule has 0 saturated carbocycles. The summed E-state index contributed by atoms with van der Waals surface area (Å²) < 4.78 is 1.21. The first-order valence-corrected chi connectivity index (χ1v) is 8.60. The molecule has 116 valence electrons. The van der Waals surface area contributed by atoms with Gasteiger partial charge in [0, 0.05) is 32.1 Å². The number of likely N-dealkylation sites (tertiary alicyclic amines) is 1. The van der Waals surface area contributed by atoms with Gasteiger partial charge in [0.15, 0.2) is 5.13 Å². The SMILES string of the molecule is O=C(C1CCN(c2nc3ccccc3s2)CC1)N1CC(O)C1. The summed E-state index contributed by atoms with van der Waals surface area (Å²) in [7, 11) is 0. The van der Waals surface area contributed by atoms with Gasteiger partial charge in [-0.05, 0) is 25.0 Å². The van der Waals surface area contributed by atoms with E-state index in [2.05, 4.69) is 11.0 Å². The number of hydrogen-bond donors (Lipinski definition) is 1. The number of nitrogens with zero attached hydrogens (tertiary/aromatic N) is 3. The van der Waals surface area contributed by atoms with E-state index in [0.29, 0.717) is 13.1 Å². The van der Waals surface area contributed by atoms with Gasteiger partial charge in [0.1, 0.15) is 0 Å². The van der Waals surface area contributed by atoms with Gasteiger partial charge in [0.05, 0.1) is 16.3 Å². The number of aliphatic hydroxyl groups excluding tert-OH is 1. The third kappa shape index (κ3) is 2.46. The molecule has 0 spiro atoms. The molecule has 0 atom stereocenters. The molecule has 2 aromatic rings. The minimum Gasteiger partial charge on any atom is -0.389 e. The van der Waals surface area contributed by atoms with Crippen molar-refractivity contribution in [2.45, 2.75) is 18.9 Å². The summed E-state index contributed by atoms with van der Waals surface area (Å²) in [4.78, 5) is 21.1. The molecule has 6 heteroatoms.